The third kappa shape index (κ3) is 79.0. The number of hydrogen-bond acceptors (Lipinski definition) is 4. The fourth-order valence-electron chi connectivity index (χ4n) is 0.340. The minimum atomic E-state index is 0. The SMILES string of the molecule is C=O.C=O.C=O.CC[C-]=O.[C-]1=CC=CC1.[Mn+2]. The van der Waals surface area contributed by atoms with Gasteiger partial charge >= 0.3 is 17.1 Å². The Balaban J connectivity index is -0.0000000337. The van der Waals surface area contributed by atoms with Crippen LogP contribution in [0.2, 0.25) is 0 Å². The molecule has 0 aromatic heterocycles. The van der Waals surface area contributed by atoms with E-state index in [1.54, 1.807) is 13.2 Å². The Kier molecular flexibility index (Phi) is 125. The van der Waals surface area contributed by atoms with Crippen LogP contribution in [0.5, 0.6) is 0 Å². The van der Waals surface area contributed by atoms with Crippen LogP contribution in [-0.2, 0) is 36.2 Å². The monoisotopic (exact) mass is 267 g/mol. The van der Waals surface area contributed by atoms with Crippen LogP contribution < -0.4 is 0 Å². The van der Waals surface area contributed by atoms with Crippen LogP contribution in [0.1, 0.15) is 19.8 Å². The number of rotatable bonds is 1. The fourth-order valence-corrected chi connectivity index (χ4v) is 0.340. The van der Waals surface area contributed by atoms with Crippen molar-refractivity contribution < 1.29 is 36.2 Å². The second-order valence-electron chi connectivity index (χ2n) is 1.50. The van der Waals surface area contributed by atoms with Crippen molar-refractivity contribution in [1.29, 1.82) is 0 Å². The first-order valence-corrected chi connectivity index (χ1v) is 3.85. The number of hydrogen-bond donors (Lipinski definition) is 0. The summed E-state index contributed by atoms with van der Waals surface area (Å²) in [5, 5.41) is 0. The molecular formula is C11H16MnO4. The van der Waals surface area contributed by atoms with Crippen LogP contribution in [0, 0.1) is 6.08 Å². The summed E-state index contributed by atoms with van der Waals surface area (Å²) in [6.07, 6.45) is 12.2. The van der Waals surface area contributed by atoms with Crippen molar-refractivity contribution in [3.63, 3.8) is 0 Å². The molecule has 0 aliphatic heterocycles. The summed E-state index contributed by atoms with van der Waals surface area (Å²) in [4.78, 5) is 33.0. The van der Waals surface area contributed by atoms with Crippen LogP contribution in [0.15, 0.2) is 18.2 Å². The van der Waals surface area contributed by atoms with Crippen molar-refractivity contribution in [2.24, 2.45) is 0 Å². The minimum absolute atomic E-state index is 0. The molecule has 0 unspecified atom stereocenters. The average molecular weight is 267 g/mol. The van der Waals surface area contributed by atoms with Crippen molar-refractivity contribution in [3.05, 3.63) is 24.3 Å². The zero-order chi connectivity index (χ0) is 12.9. The first kappa shape index (κ1) is 29.3. The topological polar surface area (TPSA) is 68.3 Å². The molecule has 0 spiro atoms. The van der Waals surface area contributed by atoms with E-state index in [4.69, 9.17) is 19.2 Å². The molecule has 0 amide bonds. The molecule has 0 fully saturated rings. The molecule has 0 saturated carbocycles. The third-order valence-corrected chi connectivity index (χ3v) is 0.730. The quantitative estimate of drug-likeness (QED) is 0.529. The third-order valence-electron chi connectivity index (χ3n) is 0.730. The van der Waals surface area contributed by atoms with Crippen molar-refractivity contribution >= 4 is 26.7 Å². The normalized spacial score (nSPS) is 7.81. The summed E-state index contributed by atoms with van der Waals surface area (Å²) in [6.45, 7) is 7.76. The molecule has 0 heterocycles. The average Bonchev–Trinajstić information content (AvgIpc) is 2.95. The molecule has 1 aliphatic rings. The van der Waals surface area contributed by atoms with Gasteiger partial charge in [-0.25, -0.2) is 12.2 Å². The molecule has 0 atom stereocenters. The number of carbonyl (C=O) groups is 3. The van der Waals surface area contributed by atoms with Gasteiger partial charge in [0, 0.05) is 0 Å². The molecule has 1 rings (SSSR count). The molecule has 0 saturated heterocycles. The van der Waals surface area contributed by atoms with Crippen molar-refractivity contribution in [3.8, 4) is 0 Å². The van der Waals surface area contributed by atoms with Gasteiger partial charge in [-0.05, 0) is 0 Å². The molecule has 0 N–H and O–H groups in total. The van der Waals surface area contributed by atoms with E-state index in [1.807, 2.05) is 32.5 Å². The summed E-state index contributed by atoms with van der Waals surface area (Å²) in [7, 11) is 0. The summed E-state index contributed by atoms with van der Waals surface area (Å²) in [6, 6.07) is 0. The summed E-state index contributed by atoms with van der Waals surface area (Å²) >= 11 is 0. The maximum Gasteiger partial charge on any atom is 2.00 e. The van der Waals surface area contributed by atoms with Crippen LogP contribution in [-0.4, -0.2) is 26.7 Å². The second kappa shape index (κ2) is 68.2. The van der Waals surface area contributed by atoms with Gasteiger partial charge in [0.2, 0.25) is 0 Å². The van der Waals surface area contributed by atoms with Gasteiger partial charge in [-0.15, -0.1) is 6.42 Å². The van der Waals surface area contributed by atoms with Gasteiger partial charge in [0.05, 0.1) is 0 Å². The Morgan fingerprint density at radius 2 is 1.56 bits per heavy atom. The Morgan fingerprint density at radius 3 is 1.62 bits per heavy atom. The van der Waals surface area contributed by atoms with E-state index >= 15 is 0 Å². The van der Waals surface area contributed by atoms with Crippen LogP contribution in [0.25, 0.3) is 0 Å². The molecule has 5 heteroatoms. The van der Waals surface area contributed by atoms with Gasteiger partial charge in [0.25, 0.3) is 0 Å². The van der Waals surface area contributed by atoms with Gasteiger partial charge in [-0.1, -0.05) is 6.92 Å². The van der Waals surface area contributed by atoms with Crippen molar-refractivity contribution in [2.45, 2.75) is 19.8 Å². The Labute approximate surface area is 107 Å². The van der Waals surface area contributed by atoms with Crippen LogP contribution in [0.3, 0.4) is 0 Å². The van der Waals surface area contributed by atoms with Gasteiger partial charge in [-0.2, -0.15) is 12.5 Å². The zero-order valence-corrected chi connectivity index (χ0v) is 10.5. The molecule has 1 radical (unpaired) electrons. The second-order valence-corrected chi connectivity index (χ2v) is 1.50. The summed E-state index contributed by atoms with van der Waals surface area (Å²) in [5.74, 6) is 0. The first-order chi connectivity index (χ1) is 7.41. The van der Waals surface area contributed by atoms with Crippen molar-refractivity contribution in [2.75, 3.05) is 0 Å². The maximum atomic E-state index is 9.05. The Bertz CT molecular complexity index is 143. The Hall–Kier alpha value is -1.32. The maximum absolute atomic E-state index is 9.05. The number of carbonyl (C=O) groups excluding carboxylic acids is 4. The van der Waals surface area contributed by atoms with Gasteiger partial charge in [-0.3, -0.25) is 12.4 Å². The molecule has 4 nitrogen and oxygen atoms in total. The molecule has 91 valence electrons. The van der Waals surface area contributed by atoms with E-state index in [1.165, 1.54) is 0 Å². The van der Waals surface area contributed by atoms with E-state index in [0.717, 1.165) is 6.42 Å². The summed E-state index contributed by atoms with van der Waals surface area (Å²) in [5.41, 5.74) is 0. The number of allylic oxidation sites excluding steroid dienone is 4. The van der Waals surface area contributed by atoms with E-state index in [0.29, 0.717) is 6.42 Å². The van der Waals surface area contributed by atoms with Crippen molar-refractivity contribution in [1.82, 2.24) is 0 Å². The molecule has 0 aromatic rings. The molecule has 16 heavy (non-hydrogen) atoms. The van der Waals surface area contributed by atoms with Crippen LogP contribution >= 0.6 is 0 Å². The van der Waals surface area contributed by atoms with E-state index < -0.39 is 0 Å². The molecule has 0 aromatic carbocycles. The standard InChI is InChI=1S/C5H5.C3H5O.3CH2O.Mn/c1-2-4-5-3-1;1-2-3-4;3*1-2;/h1-3H,4H2;2H2,1H3;3*1H2;/q2*-1;;;;+2. The van der Waals surface area contributed by atoms with E-state index in [2.05, 4.69) is 12.2 Å². The predicted octanol–water partition coefficient (Wildman–Crippen LogP) is 1.25. The zero-order valence-electron chi connectivity index (χ0n) is 9.28. The Morgan fingerprint density at radius 1 is 1.19 bits per heavy atom. The smallest absolute Gasteiger partial charge is 0.542 e. The van der Waals surface area contributed by atoms with E-state index in [-0.39, 0.29) is 17.1 Å². The van der Waals surface area contributed by atoms with Gasteiger partial charge in [0.1, 0.15) is 20.4 Å². The first-order valence-electron chi connectivity index (χ1n) is 3.85. The van der Waals surface area contributed by atoms with Crippen LogP contribution in [0.4, 0.5) is 0 Å². The van der Waals surface area contributed by atoms with Gasteiger partial charge < -0.3 is 19.2 Å². The van der Waals surface area contributed by atoms with E-state index in [9.17, 15) is 0 Å². The molecule has 0 bridgehead atoms. The molecule has 1 aliphatic carbocycles. The largest absolute Gasteiger partial charge is 2.00 e. The molecular weight excluding hydrogens is 251 g/mol. The van der Waals surface area contributed by atoms with Gasteiger partial charge in [0.15, 0.2) is 0 Å². The predicted molar refractivity (Wildman–Crippen MR) is 58.9 cm³/mol. The fraction of sp³-hybridized carbons (Fsp3) is 0.273. The summed E-state index contributed by atoms with van der Waals surface area (Å²) < 4.78 is 0. The minimum Gasteiger partial charge on any atom is -0.542 e.